The zero-order valence-electron chi connectivity index (χ0n) is 17.4. The van der Waals surface area contributed by atoms with Gasteiger partial charge in [-0.25, -0.2) is 0 Å². The molecule has 1 aliphatic carbocycles. The highest BCUT2D eigenvalue weighted by molar-refractivity contribution is 5.97. The first-order valence-electron chi connectivity index (χ1n) is 10.1. The lowest BCUT2D eigenvalue weighted by atomic mass is 9.86. The Bertz CT molecular complexity index is 889. The number of rotatable bonds is 6. The van der Waals surface area contributed by atoms with Crippen LogP contribution in [0.5, 0.6) is 5.75 Å². The first-order valence-corrected chi connectivity index (χ1v) is 10.1. The van der Waals surface area contributed by atoms with Crippen molar-refractivity contribution in [3.8, 4) is 5.75 Å². The van der Waals surface area contributed by atoms with Gasteiger partial charge in [0.2, 0.25) is 5.91 Å². The van der Waals surface area contributed by atoms with E-state index in [1.807, 2.05) is 39.0 Å². The van der Waals surface area contributed by atoms with E-state index in [0.717, 1.165) is 0 Å². The van der Waals surface area contributed by atoms with Crippen molar-refractivity contribution >= 4 is 22.5 Å². The van der Waals surface area contributed by atoms with Crippen molar-refractivity contribution in [3.05, 3.63) is 29.5 Å². The van der Waals surface area contributed by atoms with Crippen LogP contribution in [0.3, 0.4) is 0 Å². The Morgan fingerprint density at radius 2 is 2.00 bits per heavy atom. The van der Waals surface area contributed by atoms with E-state index in [0.29, 0.717) is 59.3 Å². The number of anilines is 1. The summed E-state index contributed by atoms with van der Waals surface area (Å²) >= 11 is 0. The van der Waals surface area contributed by atoms with Gasteiger partial charge in [0.1, 0.15) is 12.4 Å². The molecule has 0 aliphatic heterocycles. The summed E-state index contributed by atoms with van der Waals surface area (Å²) in [5.74, 6) is 0.512. The van der Waals surface area contributed by atoms with Gasteiger partial charge in [-0.1, -0.05) is 6.07 Å². The number of nitrogens with zero attached hydrogens (tertiary/aromatic N) is 1. The second kappa shape index (κ2) is 8.55. The monoisotopic (exact) mass is 401 g/mol. The van der Waals surface area contributed by atoms with Crippen molar-refractivity contribution < 1.29 is 19.7 Å². The van der Waals surface area contributed by atoms with E-state index >= 15 is 0 Å². The van der Waals surface area contributed by atoms with Crippen LogP contribution in [0.1, 0.15) is 50.8 Å². The number of carbonyl (C=O) groups is 1. The van der Waals surface area contributed by atoms with E-state index < -0.39 is 5.54 Å². The number of ether oxygens (including phenoxy) is 1. The molecule has 1 saturated carbocycles. The predicted octanol–water partition coefficient (Wildman–Crippen LogP) is 2.44. The number of nitrogens with two attached hydrogens (primary N) is 1. The predicted molar refractivity (Wildman–Crippen MR) is 112 cm³/mol. The highest BCUT2D eigenvalue weighted by atomic mass is 16.5. The number of aryl methyl sites for hydroxylation is 1. The first-order chi connectivity index (χ1) is 13.7. The van der Waals surface area contributed by atoms with Gasteiger partial charge in [0.25, 0.3) is 0 Å². The van der Waals surface area contributed by atoms with Crippen LogP contribution in [-0.4, -0.2) is 39.4 Å². The van der Waals surface area contributed by atoms with Crippen LogP contribution in [0.15, 0.2) is 18.2 Å². The number of aliphatic hydroxyl groups excluding tert-OH is 2. The maximum atomic E-state index is 12.6. The summed E-state index contributed by atoms with van der Waals surface area (Å²) in [5, 5.41) is 23.0. The van der Waals surface area contributed by atoms with E-state index in [1.165, 1.54) is 0 Å². The molecule has 1 fully saturated rings. The lowest BCUT2D eigenvalue weighted by Gasteiger charge is -2.31. The fourth-order valence-electron chi connectivity index (χ4n) is 3.87. The summed E-state index contributed by atoms with van der Waals surface area (Å²) in [6.07, 6.45) is 2.47. The van der Waals surface area contributed by atoms with Crippen LogP contribution in [0.4, 0.5) is 5.69 Å². The molecule has 1 amide bonds. The fourth-order valence-corrected chi connectivity index (χ4v) is 3.87. The third kappa shape index (κ3) is 4.79. The van der Waals surface area contributed by atoms with Gasteiger partial charge in [-0.15, -0.1) is 0 Å². The average Bonchev–Trinajstić information content (AvgIpc) is 2.66. The summed E-state index contributed by atoms with van der Waals surface area (Å²) < 4.78 is 6.05. The maximum Gasteiger partial charge on any atom is 0.223 e. The highest BCUT2D eigenvalue weighted by Crippen LogP contribution is 2.34. The van der Waals surface area contributed by atoms with Gasteiger partial charge in [0.15, 0.2) is 0 Å². The number of benzene rings is 1. The number of aliphatic hydroxyl groups is 2. The molecule has 2 aromatic rings. The van der Waals surface area contributed by atoms with Gasteiger partial charge in [-0.2, -0.15) is 0 Å². The van der Waals surface area contributed by atoms with Gasteiger partial charge >= 0.3 is 0 Å². The second-order valence-corrected chi connectivity index (χ2v) is 8.57. The van der Waals surface area contributed by atoms with E-state index in [-0.39, 0.29) is 31.1 Å². The highest BCUT2D eigenvalue weighted by Gasteiger charge is 2.30. The molecule has 1 aliphatic rings. The minimum absolute atomic E-state index is 0.00259. The van der Waals surface area contributed by atoms with Crippen LogP contribution in [0.2, 0.25) is 0 Å². The molecular weight excluding hydrogens is 370 g/mol. The number of aromatic nitrogens is 1. The molecule has 7 nitrogen and oxygen atoms in total. The molecule has 1 aromatic heterocycles. The van der Waals surface area contributed by atoms with Gasteiger partial charge in [-0.3, -0.25) is 9.78 Å². The summed E-state index contributed by atoms with van der Waals surface area (Å²) in [6.45, 7) is 5.72. The Labute approximate surface area is 171 Å². The standard InChI is InChI=1S/C22H31N3O4/c1-13-16(11-26)20(23)19-17(24-13)5-4-6-18(19)29-12-22(2,3)25-21(28)14-7-9-15(27)10-8-14/h4-6,14-15,26-27H,7-12H2,1-3H3,(H2,23,24)(H,25,28). The van der Waals surface area contributed by atoms with E-state index in [4.69, 9.17) is 10.5 Å². The van der Waals surface area contributed by atoms with Crippen molar-refractivity contribution in [2.24, 2.45) is 5.92 Å². The Morgan fingerprint density at radius 3 is 2.66 bits per heavy atom. The fraction of sp³-hybridized carbons (Fsp3) is 0.545. The number of pyridine rings is 1. The summed E-state index contributed by atoms with van der Waals surface area (Å²) in [7, 11) is 0. The molecule has 0 radical (unpaired) electrons. The average molecular weight is 402 g/mol. The molecule has 0 saturated heterocycles. The number of hydrogen-bond acceptors (Lipinski definition) is 6. The van der Waals surface area contributed by atoms with Crippen LogP contribution >= 0.6 is 0 Å². The molecular formula is C22H31N3O4. The zero-order valence-corrected chi connectivity index (χ0v) is 17.4. The summed E-state index contributed by atoms with van der Waals surface area (Å²) in [5.41, 5.74) is 8.17. The SMILES string of the molecule is Cc1nc2cccc(OCC(C)(C)NC(=O)C3CCC(O)CC3)c2c(N)c1CO. The molecule has 5 N–H and O–H groups in total. The lowest BCUT2D eigenvalue weighted by molar-refractivity contribution is -0.128. The lowest BCUT2D eigenvalue weighted by Crippen LogP contribution is -2.50. The molecule has 0 bridgehead atoms. The van der Waals surface area contributed by atoms with Gasteiger partial charge < -0.3 is 26.0 Å². The Balaban J connectivity index is 1.73. The van der Waals surface area contributed by atoms with Crippen molar-refractivity contribution in [1.29, 1.82) is 0 Å². The van der Waals surface area contributed by atoms with Crippen LogP contribution in [0.25, 0.3) is 10.9 Å². The van der Waals surface area contributed by atoms with E-state index in [1.54, 1.807) is 0 Å². The smallest absolute Gasteiger partial charge is 0.223 e. The van der Waals surface area contributed by atoms with Crippen molar-refractivity contribution in [3.63, 3.8) is 0 Å². The Kier molecular flexibility index (Phi) is 6.29. The minimum Gasteiger partial charge on any atom is -0.490 e. The third-order valence-electron chi connectivity index (χ3n) is 5.60. The molecule has 29 heavy (non-hydrogen) atoms. The molecule has 1 heterocycles. The Hall–Kier alpha value is -2.38. The van der Waals surface area contributed by atoms with Crippen molar-refractivity contribution in [2.75, 3.05) is 12.3 Å². The van der Waals surface area contributed by atoms with E-state index in [9.17, 15) is 15.0 Å². The molecule has 0 unspecified atom stereocenters. The Morgan fingerprint density at radius 1 is 1.31 bits per heavy atom. The quantitative estimate of drug-likeness (QED) is 0.591. The molecule has 7 heteroatoms. The van der Waals surface area contributed by atoms with Crippen LogP contribution in [-0.2, 0) is 11.4 Å². The molecule has 3 rings (SSSR count). The zero-order chi connectivity index (χ0) is 21.2. The van der Waals surface area contributed by atoms with Crippen LogP contribution < -0.4 is 15.8 Å². The number of hydrogen-bond donors (Lipinski definition) is 4. The van der Waals surface area contributed by atoms with Gasteiger partial charge in [0, 0.05) is 17.2 Å². The number of nitrogen functional groups attached to an aromatic ring is 1. The molecule has 0 spiro atoms. The normalized spacial score (nSPS) is 19.9. The first kappa shape index (κ1) is 21.3. The molecule has 158 valence electrons. The van der Waals surface area contributed by atoms with Crippen molar-refractivity contribution in [1.82, 2.24) is 10.3 Å². The van der Waals surface area contributed by atoms with Gasteiger partial charge in [0.05, 0.1) is 34.8 Å². The summed E-state index contributed by atoms with van der Waals surface area (Å²) in [6, 6.07) is 5.52. The second-order valence-electron chi connectivity index (χ2n) is 8.57. The minimum atomic E-state index is -0.581. The number of amides is 1. The maximum absolute atomic E-state index is 12.6. The van der Waals surface area contributed by atoms with Gasteiger partial charge in [-0.05, 0) is 58.6 Å². The number of fused-ring (bicyclic) bond motifs is 1. The topological polar surface area (TPSA) is 118 Å². The summed E-state index contributed by atoms with van der Waals surface area (Å²) in [4.78, 5) is 17.1. The number of nitrogens with one attached hydrogen (secondary N) is 1. The third-order valence-corrected chi connectivity index (χ3v) is 5.60. The number of carbonyl (C=O) groups excluding carboxylic acids is 1. The molecule has 0 atom stereocenters. The van der Waals surface area contributed by atoms with Crippen LogP contribution in [0, 0.1) is 12.8 Å². The van der Waals surface area contributed by atoms with E-state index in [2.05, 4.69) is 10.3 Å². The van der Waals surface area contributed by atoms with Crippen molar-refractivity contribution in [2.45, 2.75) is 64.7 Å². The molecule has 1 aromatic carbocycles. The largest absolute Gasteiger partial charge is 0.490 e.